The van der Waals surface area contributed by atoms with Gasteiger partial charge in [0, 0.05) is 6.42 Å². The molecule has 0 radical (unpaired) electrons. The first kappa shape index (κ1) is 5.54. The van der Waals surface area contributed by atoms with Crippen LogP contribution in [0.5, 0.6) is 0 Å². The molecule has 0 rings (SSSR count). The number of hydrogen-bond donors (Lipinski definition) is 0. The van der Waals surface area contributed by atoms with Crippen LogP contribution in [0.3, 0.4) is 0 Å². The first-order chi connectivity index (χ1) is 2.81. The lowest BCUT2D eigenvalue weighted by Crippen LogP contribution is -1.77. The Labute approximate surface area is 38.6 Å². The number of allylic oxidation sites excluding steroid dienone is 1. The predicted octanol–water partition coefficient (Wildman–Crippen LogP) is 1.56. The molecule has 36 valence electrons. The van der Waals surface area contributed by atoms with E-state index < -0.39 is 0 Å². The SMILES string of the molecule is C=C(CC)OC. The lowest BCUT2D eigenvalue weighted by atomic mass is 10.4. The highest BCUT2D eigenvalue weighted by atomic mass is 16.5. The lowest BCUT2D eigenvalue weighted by Gasteiger charge is -1.94. The molecule has 0 aromatic heterocycles. The lowest BCUT2D eigenvalue weighted by molar-refractivity contribution is 0.283. The standard InChI is InChI=1S/C5H10O/c1-4-5(2)6-3/h2,4H2,1,3H3. The van der Waals surface area contributed by atoms with Crippen molar-refractivity contribution in [1.82, 2.24) is 0 Å². The summed E-state index contributed by atoms with van der Waals surface area (Å²) in [5.74, 6) is 0.843. The summed E-state index contributed by atoms with van der Waals surface area (Å²) in [7, 11) is 1.63. The number of methoxy groups -OCH3 is 1. The van der Waals surface area contributed by atoms with Crippen LogP contribution in [0.4, 0.5) is 0 Å². The van der Waals surface area contributed by atoms with Crippen molar-refractivity contribution in [2.75, 3.05) is 7.11 Å². The molecule has 0 spiro atoms. The average molecular weight is 86.1 g/mol. The van der Waals surface area contributed by atoms with Crippen molar-refractivity contribution in [2.24, 2.45) is 0 Å². The third-order valence-electron chi connectivity index (χ3n) is 0.683. The van der Waals surface area contributed by atoms with Gasteiger partial charge in [-0.25, -0.2) is 0 Å². The van der Waals surface area contributed by atoms with Gasteiger partial charge in [0.1, 0.15) is 0 Å². The van der Waals surface area contributed by atoms with Crippen molar-refractivity contribution in [3.05, 3.63) is 12.3 Å². The second-order valence-corrected chi connectivity index (χ2v) is 1.10. The molecular formula is C5H10O. The molecule has 0 aliphatic heterocycles. The molecule has 0 heterocycles. The maximum Gasteiger partial charge on any atom is 0.0881 e. The van der Waals surface area contributed by atoms with Crippen molar-refractivity contribution in [3.63, 3.8) is 0 Å². The first-order valence-electron chi connectivity index (χ1n) is 2.03. The molecule has 1 nitrogen and oxygen atoms in total. The molecule has 1 heteroatoms. The normalized spacial score (nSPS) is 7.67. The monoisotopic (exact) mass is 86.1 g/mol. The fourth-order valence-electron chi connectivity index (χ4n) is 0.144. The summed E-state index contributed by atoms with van der Waals surface area (Å²) in [6.07, 6.45) is 0.913. The molecule has 0 aliphatic carbocycles. The van der Waals surface area contributed by atoms with Gasteiger partial charge in [-0.15, -0.1) is 0 Å². The molecule has 6 heavy (non-hydrogen) atoms. The molecule has 0 aromatic carbocycles. The highest BCUT2D eigenvalue weighted by Gasteiger charge is 1.77. The van der Waals surface area contributed by atoms with Crippen LogP contribution < -0.4 is 0 Å². The zero-order valence-corrected chi connectivity index (χ0v) is 4.32. The Morgan fingerprint density at radius 1 is 1.83 bits per heavy atom. The maximum absolute atomic E-state index is 4.70. The predicted molar refractivity (Wildman–Crippen MR) is 26.4 cm³/mol. The first-order valence-corrected chi connectivity index (χ1v) is 2.03. The van der Waals surface area contributed by atoms with E-state index in [9.17, 15) is 0 Å². The van der Waals surface area contributed by atoms with Crippen LogP contribution in [0.2, 0.25) is 0 Å². The average Bonchev–Trinajstić information content (AvgIpc) is 1.65. The van der Waals surface area contributed by atoms with E-state index in [0.717, 1.165) is 12.2 Å². The summed E-state index contributed by atoms with van der Waals surface area (Å²) in [5, 5.41) is 0. The van der Waals surface area contributed by atoms with E-state index in [1.54, 1.807) is 7.11 Å². The van der Waals surface area contributed by atoms with Gasteiger partial charge in [-0.1, -0.05) is 13.5 Å². The van der Waals surface area contributed by atoms with Crippen molar-refractivity contribution >= 4 is 0 Å². The molecule has 0 atom stereocenters. The van der Waals surface area contributed by atoms with E-state index in [1.807, 2.05) is 6.92 Å². The highest BCUT2D eigenvalue weighted by molar-refractivity contribution is 4.77. The van der Waals surface area contributed by atoms with E-state index in [-0.39, 0.29) is 0 Å². The fourth-order valence-corrected chi connectivity index (χ4v) is 0.144. The second kappa shape index (κ2) is 2.76. The highest BCUT2D eigenvalue weighted by Crippen LogP contribution is 1.92. The smallest absolute Gasteiger partial charge is 0.0881 e. The molecule has 0 saturated carbocycles. The van der Waals surface area contributed by atoms with Gasteiger partial charge < -0.3 is 4.74 Å². The Hall–Kier alpha value is -0.460. The maximum atomic E-state index is 4.70. The third kappa shape index (κ3) is 1.82. The Morgan fingerprint density at radius 3 is 2.33 bits per heavy atom. The summed E-state index contributed by atoms with van der Waals surface area (Å²) in [4.78, 5) is 0. The number of ether oxygens (including phenoxy) is 1. The van der Waals surface area contributed by atoms with Crippen LogP contribution in [-0.4, -0.2) is 7.11 Å². The van der Waals surface area contributed by atoms with Crippen LogP contribution in [0.1, 0.15) is 13.3 Å². The van der Waals surface area contributed by atoms with Crippen LogP contribution >= 0.6 is 0 Å². The minimum absolute atomic E-state index is 0.843. The molecule has 0 unspecified atom stereocenters. The Kier molecular flexibility index (Phi) is 2.55. The summed E-state index contributed by atoms with van der Waals surface area (Å²) in [6, 6.07) is 0. The van der Waals surface area contributed by atoms with Gasteiger partial charge in [-0.2, -0.15) is 0 Å². The number of rotatable bonds is 2. The molecule has 0 amide bonds. The van der Waals surface area contributed by atoms with E-state index >= 15 is 0 Å². The van der Waals surface area contributed by atoms with Gasteiger partial charge in [0.2, 0.25) is 0 Å². The molecule has 0 saturated heterocycles. The third-order valence-corrected chi connectivity index (χ3v) is 0.683. The van der Waals surface area contributed by atoms with Gasteiger partial charge in [-0.3, -0.25) is 0 Å². The van der Waals surface area contributed by atoms with Crippen molar-refractivity contribution < 1.29 is 4.74 Å². The Balaban J connectivity index is 2.99. The van der Waals surface area contributed by atoms with Gasteiger partial charge in [0.15, 0.2) is 0 Å². The molecule has 0 aromatic rings. The minimum Gasteiger partial charge on any atom is -0.502 e. The van der Waals surface area contributed by atoms with Crippen LogP contribution in [-0.2, 0) is 4.74 Å². The van der Waals surface area contributed by atoms with Gasteiger partial charge in [0.05, 0.1) is 12.9 Å². The molecule has 0 N–H and O–H groups in total. The Morgan fingerprint density at radius 2 is 2.33 bits per heavy atom. The zero-order valence-electron chi connectivity index (χ0n) is 4.32. The molecule has 0 bridgehead atoms. The summed E-state index contributed by atoms with van der Waals surface area (Å²) >= 11 is 0. The number of hydrogen-bond acceptors (Lipinski definition) is 1. The largest absolute Gasteiger partial charge is 0.502 e. The molecule has 0 aliphatic rings. The van der Waals surface area contributed by atoms with Gasteiger partial charge in [-0.05, 0) is 0 Å². The topological polar surface area (TPSA) is 9.23 Å². The van der Waals surface area contributed by atoms with E-state index in [0.29, 0.717) is 0 Å². The van der Waals surface area contributed by atoms with E-state index in [1.165, 1.54) is 0 Å². The van der Waals surface area contributed by atoms with Gasteiger partial charge >= 0.3 is 0 Å². The van der Waals surface area contributed by atoms with E-state index in [4.69, 9.17) is 4.74 Å². The minimum atomic E-state index is 0.843. The summed E-state index contributed by atoms with van der Waals surface area (Å²) < 4.78 is 4.70. The van der Waals surface area contributed by atoms with Crippen LogP contribution in [0.25, 0.3) is 0 Å². The molecular weight excluding hydrogens is 76.1 g/mol. The van der Waals surface area contributed by atoms with Crippen LogP contribution in [0, 0.1) is 0 Å². The quantitative estimate of drug-likeness (QED) is 0.463. The zero-order chi connectivity index (χ0) is 4.99. The van der Waals surface area contributed by atoms with Crippen LogP contribution in [0.15, 0.2) is 12.3 Å². The second-order valence-electron chi connectivity index (χ2n) is 1.10. The van der Waals surface area contributed by atoms with Crippen molar-refractivity contribution in [2.45, 2.75) is 13.3 Å². The van der Waals surface area contributed by atoms with Crippen molar-refractivity contribution in [1.29, 1.82) is 0 Å². The molecule has 0 fully saturated rings. The summed E-state index contributed by atoms with van der Waals surface area (Å²) in [5.41, 5.74) is 0. The van der Waals surface area contributed by atoms with Gasteiger partial charge in [0.25, 0.3) is 0 Å². The Bertz CT molecular complexity index is 41.9. The summed E-state index contributed by atoms with van der Waals surface area (Å²) in [6.45, 7) is 5.58. The van der Waals surface area contributed by atoms with E-state index in [2.05, 4.69) is 6.58 Å². The fraction of sp³-hybridized carbons (Fsp3) is 0.600. The van der Waals surface area contributed by atoms with Crippen molar-refractivity contribution in [3.8, 4) is 0 Å².